The molecule has 0 bridgehead atoms. The Bertz CT molecular complexity index is 946. The van der Waals surface area contributed by atoms with Crippen LogP contribution in [0.25, 0.3) is 0 Å². The Labute approximate surface area is 184 Å². The summed E-state index contributed by atoms with van der Waals surface area (Å²) in [6, 6.07) is 0. The maximum Gasteiger partial charge on any atom is 0.243 e. The summed E-state index contributed by atoms with van der Waals surface area (Å²) in [6.07, 6.45) is 24.6. The van der Waals surface area contributed by atoms with Gasteiger partial charge in [0.15, 0.2) is 0 Å². The Morgan fingerprint density at radius 3 is 2.07 bits per heavy atom. The van der Waals surface area contributed by atoms with Crippen LogP contribution in [0, 0.1) is 0 Å². The molecule has 1 rings (SSSR count). The predicted molar refractivity (Wildman–Crippen MR) is 140 cm³/mol. The smallest absolute Gasteiger partial charge is 0.0991 e. The SMILES string of the molecule is C=C/C=C1B(C(=C/C=C)/C(=C\C)C(/C=C)=C(C)/C=C\C)C(/C=C\C)=C(C=C)C/1=C/C. The van der Waals surface area contributed by atoms with Gasteiger partial charge in [0.2, 0.25) is 6.71 Å². The third kappa shape index (κ3) is 5.10. The fraction of sp³-hybridized carbons (Fsp3) is 0.172. The standard InChI is InChI=1S/C29H35B/c1-10-18-22(9)23(14-5)24(15-6)27(19-11-2)30-28(20-12-3)25(16-7)26(17-8)29(30)21-13-4/h10-21H,2-3,5,8H2,1,4,6-7,9H3/b18-10-,21-13-,23-22+,24-15-,25-16-,27-19+,28-20+. The van der Waals surface area contributed by atoms with Crippen LogP contribution in [0.1, 0.15) is 34.6 Å². The zero-order valence-corrected chi connectivity index (χ0v) is 19.3. The highest BCUT2D eigenvalue weighted by atomic mass is 14.2. The van der Waals surface area contributed by atoms with E-state index >= 15 is 0 Å². The van der Waals surface area contributed by atoms with E-state index in [1.54, 1.807) is 0 Å². The van der Waals surface area contributed by atoms with E-state index in [1.807, 2.05) is 38.2 Å². The molecule has 1 heterocycles. The van der Waals surface area contributed by atoms with E-state index in [9.17, 15) is 0 Å². The molecule has 0 aromatic carbocycles. The monoisotopic (exact) mass is 394 g/mol. The first-order valence-electron chi connectivity index (χ1n) is 10.5. The van der Waals surface area contributed by atoms with Crippen LogP contribution in [0.3, 0.4) is 0 Å². The van der Waals surface area contributed by atoms with E-state index < -0.39 is 0 Å². The van der Waals surface area contributed by atoms with Crippen molar-refractivity contribution in [3.63, 3.8) is 0 Å². The fourth-order valence-corrected chi connectivity index (χ4v) is 4.12. The molecule has 0 aromatic rings. The molecule has 154 valence electrons. The maximum absolute atomic E-state index is 4.11. The molecule has 0 aliphatic carbocycles. The molecule has 1 heteroatoms. The lowest BCUT2D eigenvalue weighted by Gasteiger charge is -2.21. The highest BCUT2D eigenvalue weighted by Crippen LogP contribution is 2.43. The van der Waals surface area contributed by atoms with Gasteiger partial charge in [-0.25, -0.2) is 0 Å². The molecule has 0 saturated carbocycles. The minimum atomic E-state index is 0.0518. The summed E-state index contributed by atoms with van der Waals surface area (Å²) >= 11 is 0. The van der Waals surface area contributed by atoms with Crippen LogP contribution in [0.4, 0.5) is 0 Å². The van der Waals surface area contributed by atoms with Crippen LogP contribution in [-0.4, -0.2) is 6.71 Å². The van der Waals surface area contributed by atoms with Crippen molar-refractivity contribution in [1.82, 2.24) is 0 Å². The van der Waals surface area contributed by atoms with E-state index in [4.69, 9.17) is 0 Å². The van der Waals surface area contributed by atoms with Crippen LogP contribution in [0.15, 0.2) is 144 Å². The molecule has 0 N–H and O–H groups in total. The molecule has 30 heavy (non-hydrogen) atoms. The largest absolute Gasteiger partial charge is 0.243 e. The van der Waals surface area contributed by atoms with E-state index in [-0.39, 0.29) is 6.71 Å². The van der Waals surface area contributed by atoms with E-state index in [1.165, 1.54) is 27.6 Å². The van der Waals surface area contributed by atoms with E-state index in [0.717, 1.165) is 16.7 Å². The Morgan fingerprint density at radius 1 is 0.933 bits per heavy atom. The molecule has 0 saturated heterocycles. The van der Waals surface area contributed by atoms with Crippen molar-refractivity contribution in [2.75, 3.05) is 0 Å². The average Bonchev–Trinajstić information content (AvgIpc) is 3.03. The molecule has 0 atom stereocenters. The normalized spacial score (nSPS) is 19.3. The minimum Gasteiger partial charge on any atom is -0.0991 e. The second kappa shape index (κ2) is 12.5. The van der Waals surface area contributed by atoms with Gasteiger partial charge in [0, 0.05) is 0 Å². The molecule has 0 spiro atoms. The first kappa shape index (κ1) is 25.0. The van der Waals surface area contributed by atoms with Gasteiger partial charge >= 0.3 is 0 Å². The van der Waals surface area contributed by atoms with Crippen LogP contribution in [0.5, 0.6) is 0 Å². The Kier molecular flexibility index (Phi) is 10.4. The topological polar surface area (TPSA) is 0 Å². The lowest BCUT2D eigenvalue weighted by atomic mass is 9.35. The van der Waals surface area contributed by atoms with Gasteiger partial charge in [-0.2, -0.15) is 0 Å². The summed E-state index contributed by atoms with van der Waals surface area (Å²) < 4.78 is 0. The molecule has 0 fully saturated rings. The molecular formula is C29H35B. The van der Waals surface area contributed by atoms with Crippen LogP contribution in [0.2, 0.25) is 0 Å². The summed E-state index contributed by atoms with van der Waals surface area (Å²) in [6.45, 7) is 26.6. The molecule has 0 radical (unpaired) electrons. The Balaban J connectivity index is 4.02. The third-order valence-electron chi connectivity index (χ3n) is 5.21. The van der Waals surface area contributed by atoms with Gasteiger partial charge < -0.3 is 0 Å². The van der Waals surface area contributed by atoms with Gasteiger partial charge in [-0.1, -0.05) is 116 Å². The maximum atomic E-state index is 4.11. The third-order valence-corrected chi connectivity index (χ3v) is 5.21. The Hall–Kier alpha value is -3.06. The number of hydrogen-bond donors (Lipinski definition) is 0. The van der Waals surface area contributed by atoms with Gasteiger partial charge in [-0.3, -0.25) is 0 Å². The zero-order valence-electron chi connectivity index (χ0n) is 19.3. The molecule has 0 aromatic heterocycles. The second-order valence-corrected chi connectivity index (χ2v) is 6.93. The van der Waals surface area contributed by atoms with Crippen molar-refractivity contribution < 1.29 is 0 Å². The van der Waals surface area contributed by atoms with Crippen LogP contribution >= 0.6 is 0 Å². The minimum absolute atomic E-state index is 0.0518. The highest BCUT2D eigenvalue weighted by Gasteiger charge is 2.37. The predicted octanol–water partition coefficient (Wildman–Crippen LogP) is 8.37. The molecule has 1 aliphatic heterocycles. The van der Waals surface area contributed by atoms with E-state index in [2.05, 4.69) is 95.7 Å². The van der Waals surface area contributed by atoms with Crippen molar-refractivity contribution in [1.29, 1.82) is 0 Å². The number of allylic oxidation sites excluding steroid dienone is 20. The van der Waals surface area contributed by atoms with Crippen molar-refractivity contribution in [2.24, 2.45) is 0 Å². The number of hydrogen-bond acceptors (Lipinski definition) is 0. The lowest BCUT2D eigenvalue weighted by molar-refractivity contribution is 1.36. The molecule has 0 nitrogen and oxygen atoms in total. The molecule has 0 amide bonds. The fourth-order valence-electron chi connectivity index (χ4n) is 4.12. The van der Waals surface area contributed by atoms with Gasteiger partial charge in [0.05, 0.1) is 0 Å². The molecule has 1 aliphatic rings. The van der Waals surface area contributed by atoms with Crippen molar-refractivity contribution in [2.45, 2.75) is 34.6 Å². The summed E-state index contributed by atoms with van der Waals surface area (Å²) in [5.41, 5.74) is 9.44. The zero-order chi connectivity index (χ0) is 22.7. The first-order valence-corrected chi connectivity index (χ1v) is 10.5. The van der Waals surface area contributed by atoms with E-state index in [0.29, 0.717) is 0 Å². The van der Waals surface area contributed by atoms with Crippen molar-refractivity contribution in [3.05, 3.63) is 144 Å². The Morgan fingerprint density at radius 2 is 1.63 bits per heavy atom. The highest BCUT2D eigenvalue weighted by molar-refractivity contribution is 6.84. The van der Waals surface area contributed by atoms with Crippen molar-refractivity contribution in [3.8, 4) is 0 Å². The summed E-state index contributed by atoms with van der Waals surface area (Å²) in [7, 11) is 0. The van der Waals surface area contributed by atoms with Gasteiger partial charge in [-0.15, -0.1) is 0 Å². The molecular weight excluding hydrogens is 359 g/mol. The van der Waals surface area contributed by atoms with Crippen LogP contribution in [-0.2, 0) is 0 Å². The second-order valence-electron chi connectivity index (χ2n) is 6.93. The number of rotatable bonds is 9. The first-order chi connectivity index (χ1) is 14.5. The summed E-state index contributed by atoms with van der Waals surface area (Å²) in [4.78, 5) is 0. The quantitative estimate of drug-likeness (QED) is 0.272. The van der Waals surface area contributed by atoms with Gasteiger partial charge in [-0.05, 0) is 62.5 Å². The summed E-state index contributed by atoms with van der Waals surface area (Å²) in [5, 5.41) is 0. The summed E-state index contributed by atoms with van der Waals surface area (Å²) in [5.74, 6) is 0. The van der Waals surface area contributed by atoms with Crippen LogP contribution < -0.4 is 0 Å². The average molecular weight is 394 g/mol. The van der Waals surface area contributed by atoms with Crippen molar-refractivity contribution >= 4 is 6.71 Å². The van der Waals surface area contributed by atoms with Gasteiger partial charge in [0.25, 0.3) is 0 Å². The molecule has 0 unspecified atom stereocenters. The lowest BCUT2D eigenvalue weighted by Crippen LogP contribution is -2.22. The van der Waals surface area contributed by atoms with Gasteiger partial charge in [0.1, 0.15) is 0 Å².